The summed E-state index contributed by atoms with van der Waals surface area (Å²) in [7, 11) is -1.70. The first-order chi connectivity index (χ1) is 16.9. The predicted molar refractivity (Wildman–Crippen MR) is 142 cm³/mol. The maximum Gasteiger partial charge on any atom is 0.261 e. The predicted octanol–water partition coefficient (Wildman–Crippen LogP) is 4.39. The van der Waals surface area contributed by atoms with Gasteiger partial charge in [-0.3, -0.25) is 9.62 Å². The molecule has 4 aromatic rings. The molecule has 0 bridgehead atoms. The minimum atomic E-state index is -3.71. The minimum absolute atomic E-state index is 0.163. The summed E-state index contributed by atoms with van der Waals surface area (Å²) in [5, 5.41) is 0.490. The van der Waals surface area contributed by atoms with E-state index in [0.717, 1.165) is 56.0 Å². The van der Waals surface area contributed by atoms with Crippen LogP contribution < -0.4 is 9.62 Å². The fourth-order valence-corrected chi connectivity index (χ4v) is 5.67. The molecule has 0 atom stereocenters. The molecule has 1 aromatic heterocycles. The Morgan fingerprint density at radius 3 is 2.37 bits per heavy atom. The molecular formula is C26H28ClN5O2S. The Labute approximate surface area is 211 Å². The van der Waals surface area contributed by atoms with Crippen LogP contribution in [0.1, 0.15) is 5.82 Å². The number of para-hydroxylation sites is 1. The Bertz CT molecular complexity index is 1410. The van der Waals surface area contributed by atoms with E-state index >= 15 is 0 Å². The lowest BCUT2D eigenvalue weighted by Crippen LogP contribution is -2.47. The van der Waals surface area contributed by atoms with Crippen molar-refractivity contribution < 1.29 is 8.42 Å². The molecule has 3 aromatic carbocycles. The van der Waals surface area contributed by atoms with Crippen molar-refractivity contribution in [3.05, 3.63) is 83.6 Å². The maximum absolute atomic E-state index is 12.7. The highest BCUT2D eigenvalue weighted by atomic mass is 35.5. The van der Waals surface area contributed by atoms with Crippen molar-refractivity contribution in [1.29, 1.82) is 0 Å². The maximum atomic E-state index is 12.7. The average Bonchev–Trinajstić information content (AvgIpc) is 3.18. The lowest BCUT2D eigenvalue weighted by Gasteiger charge is -2.36. The summed E-state index contributed by atoms with van der Waals surface area (Å²) in [6.07, 6.45) is 0.836. The molecule has 35 heavy (non-hydrogen) atoms. The van der Waals surface area contributed by atoms with Crippen molar-refractivity contribution in [1.82, 2.24) is 14.5 Å². The molecule has 1 fully saturated rings. The van der Waals surface area contributed by atoms with Crippen molar-refractivity contribution in [2.45, 2.75) is 11.3 Å². The molecule has 0 unspecified atom stereocenters. The molecule has 1 saturated heterocycles. The van der Waals surface area contributed by atoms with Gasteiger partial charge in [-0.05, 0) is 54.6 Å². The molecular weight excluding hydrogens is 482 g/mol. The van der Waals surface area contributed by atoms with E-state index in [2.05, 4.69) is 43.4 Å². The lowest BCUT2D eigenvalue weighted by atomic mass is 10.2. The zero-order valence-corrected chi connectivity index (χ0v) is 21.1. The van der Waals surface area contributed by atoms with Gasteiger partial charge in [0.2, 0.25) is 0 Å². The second-order valence-corrected chi connectivity index (χ2v) is 10.9. The van der Waals surface area contributed by atoms with Gasteiger partial charge in [0, 0.05) is 56.9 Å². The molecule has 7 nitrogen and oxygen atoms in total. The van der Waals surface area contributed by atoms with Crippen LogP contribution in [-0.2, 0) is 23.5 Å². The van der Waals surface area contributed by atoms with Crippen LogP contribution in [0.5, 0.6) is 0 Å². The third-order valence-corrected chi connectivity index (χ3v) is 8.14. The van der Waals surface area contributed by atoms with E-state index in [4.69, 9.17) is 16.6 Å². The normalized spacial score (nSPS) is 15.0. The van der Waals surface area contributed by atoms with E-state index in [1.54, 1.807) is 24.3 Å². The monoisotopic (exact) mass is 509 g/mol. The number of nitrogens with one attached hydrogen (secondary N) is 1. The molecule has 0 saturated carbocycles. The molecule has 1 aliphatic heterocycles. The lowest BCUT2D eigenvalue weighted by molar-refractivity contribution is 0.259. The Kier molecular flexibility index (Phi) is 6.69. The summed E-state index contributed by atoms with van der Waals surface area (Å²) in [6.45, 7) is 5.02. The Morgan fingerprint density at radius 2 is 1.66 bits per heavy atom. The summed E-state index contributed by atoms with van der Waals surface area (Å²) in [5.74, 6) is 0.989. The summed E-state index contributed by atoms with van der Waals surface area (Å²) in [6, 6.07) is 22.1. The standard InChI is InChI=1S/C26H28ClN5O2S/c1-30-25-12-9-21(29-35(33,34)23-10-7-20(27)8-11-23)19-24(25)28-26(30)13-14-31-15-17-32(18-16-31)22-5-3-2-4-6-22/h2-12,19,29H,13-18H2,1H3. The number of rotatable bonds is 7. The third kappa shape index (κ3) is 5.29. The Balaban J connectivity index is 1.23. The Morgan fingerprint density at radius 1 is 0.943 bits per heavy atom. The van der Waals surface area contributed by atoms with E-state index in [1.165, 1.54) is 17.8 Å². The van der Waals surface area contributed by atoms with Crippen LogP contribution in [0, 0.1) is 0 Å². The van der Waals surface area contributed by atoms with Crippen molar-refractivity contribution in [3.63, 3.8) is 0 Å². The number of benzene rings is 3. The largest absolute Gasteiger partial charge is 0.369 e. The van der Waals surface area contributed by atoms with Gasteiger partial charge in [-0.2, -0.15) is 0 Å². The summed E-state index contributed by atoms with van der Waals surface area (Å²) in [4.78, 5) is 9.88. The summed E-state index contributed by atoms with van der Waals surface area (Å²) < 4.78 is 30.2. The van der Waals surface area contributed by atoms with Crippen molar-refractivity contribution >= 4 is 44.0 Å². The molecule has 0 radical (unpaired) electrons. The first kappa shape index (κ1) is 23.7. The molecule has 0 spiro atoms. The Hall–Kier alpha value is -3.07. The first-order valence-corrected chi connectivity index (χ1v) is 13.5. The second kappa shape index (κ2) is 9.89. The van der Waals surface area contributed by atoms with Crippen molar-refractivity contribution in [2.75, 3.05) is 42.3 Å². The van der Waals surface area contributed by atoms with Crippen LogP contribution in [0.3, 0.4) is 0 Å². The molecule has 0 aliphatic carbocycles. The number of anilines is 2. The fraction of sp³-hybridized carbons (Fsp3) is 0.269. The highest BCUT2D eigenvalue weighted by Crippen LogP contribution is 2.23. The van der Waals surface area contributed by atoms with Crippen molar-refractivity contribution in [2.24, 2.45) is 7.05 Å². The van der Waals surface area contributed by atoms with Crippen LogP contribution >= 0.6 is 11.6 Å². The molecule has 1 N–H and O–H groups in total. The van der Waals surface area contributed by atoms with E-state index in [9.17, 15) is 8.42 Å². The number of hydrogen-bond acceptors (Lipinski definition) is 5. The van der Waals surface area contributed by atoms with Gasteiger partial charge in [0.1, 0.15) is 5.82 Å². The average molecular weight is 510 g/mol. The number of hydrogen-bond donors (Lipinski definition) is 1. The quantitative estimate of drug-likeness (QED) is 0.400. The number of piperazine rings is 1. The van der Waals surface area contributed by atoms with Gasteiger partial charge in [0.05, 0.1) is 21.6 Å². The second-order valence-electron chi connectivity index (χ2n) is 8.76. The number of aromatic nitrogens is 2. The smallest absolute Gasteiger partial charge is 0.261 e. The van der Waals surface area contributed by atoms with Gasteiger partial charge in [0.25, 0.3) is 10.0 Å². The number of halogens is 1. The number of aryl methyl sites for hydroxylation is 1. The number of fused-ring (bicyclic) bond motifs is 1. The van der Waals surface area contributed by atoms with Crippen LogP contribution in [0.4, 0.5) is 11.4 Å². The number of nitrogens with zero attached hydrogens (tertiary/aromatic N) is 4. The summed E-state index contributed by atoms with van der Waals surface area (Å²) >= 11 is 5.88. The molecule has 2 heterocycles. The summed E-state index contributed by atoms with van der Waals surface area (Å²) in [5.41, 5.74) is 3.51. The van der Waals surface area contributed by atoms with Gasteiger partial charge in [-0.25, -0.2) is 13.4 Å². The fourth-order valence-electron chi connectivity index (χ4n) is 4.49. The van der Waals surface area contributed by atoms with Gasteiger partial charge in [0.15, 0.2) is 0 Å². The number of sulfonamides is 1. The zero-order valence-electron chi connectivity index (χ0n) is 19.6. The zero-order chi connectivity index (χ0) is 24.4. The van der Waals surface area contributed by atoms with Crippen LogP contribution in [-0.4, -0.2) is 55.6 Å². The van der Waals surface area contributed by atoms with Crippen LogP contribution in [0.25, 0.3) is 11.0 Å². The van der Waals surface area contributed by atoms with E-state index in [1.807, 2.05) is 19.2 Å². The minimum Gasteiger partial charge on any atom is -0.369 e. The highest BCUT2D eigenvalue weighted by molar-refractivity contribution is 7.92. The number of imidazole rings is 1. The first-order valence-electron chi connectivity index (χ1n) is 11.7. The molecule has 9 heteroatoms. The van der Waals surface area contributed by atoms with Gasteiger partial charge < -0.3 is 9.47 Å². The molecule has 182 valence electrons. The van der Waals surface area contributed by atoms with E-state index < -0.39 is 10.0 Å². The van der Waals surface area contributed by atoms with Crippen LogP contribution in [0.2, 0.25) is 5.02 Å². The van der Waals surface area contributed by atoms with Crippen LogP contribution in [0.15, 0.2) is 77.7 Å². The highest BCUT2D eigenvalue weighted by Gasteiger charge is 2.19. The van der Waals surface area contributed by atoms with E-state index in [-0.39, 0.29) is 4.90 Å². The molecule has 1 aliphatic rings. The third-order valence-electron chi connectivity index (χ3n) is 6.49. The van der Waals surface area contributed by atoms with Gasteiger partial charge >= 0.3 is 0 Å². The molecule has 5 rings (SSSR count). The van der Waals surface area contributed by atoms with Crippen molar-refractivity contribution in [3.8, 4) is 0 Å². The van der Waals surface area contributed by atoms with Gasteiger partial charge in [-0.1, -0.05) is 29.8 Å². The topological polar surface area (TPSA) is 70.5 Å². The van der Waals surface area contributed by atoms with Gasteiger partial charge in [-0.15, -0.1) is 0 Å². The van der Waals surface area contributed by atoms with E-state index in [0.29, 0.717) is 10.7 Å². The molecule has 0 amide bonds. The SMILES string of the molecule is Cn1c(CCN2CCN(c3ccccc3)CC2)nc2cc(NS(=O)(=O)c3ccc(Cl)cc3)ccc21.